The molecule has 0 bridgehead atoms. The minimum atomic E-state index is -4.05. The average molecular weight is 551 g/mol. The van der Waals surface area contributed by atoms with Crippen LogP contribution >= 0.6 is 0 Å². The summed E-state index contributed by atoms with van der Waals surface area (Å²) in [4.78, 5) is 17.0. The Bertz CT molecular complexity index is 1640. The van der Waals surface area contributed by atoms with Gasteiger partial charge in [-0.2, -0.15) is 0 Å². The van der Waals surface area contributed by atoms with E-state index in [2.05, 4.69) is 15.0 Å². The van der Waals surface area contributed by atoms with Crippen molar-refractivity contribution in [3.8, 4) is 0 Å². The monoisotopic (exact) mass is 550 g/mol. The molecule has 1 amide bonds. The molecule has 0 saturated carbocycles. The van der Waals surface area contributed by atoms with Crippen molar-refractivity contribution in [2.24, 2.45) is 0 Å². The van der Waals surface area contributed by atoms with Crippen molar-refractivity contribution in [1.29, 1.82) is 0 Å². The average Bonchev–Trinajstić information content (AvgIpc) is 2.89. The molecule has 2 N–H and O–H groups in total. The summed E-state index contributed by atoms with van der Waals surface area (Å²) in [7, 11) is -7.94. The number of nitrogens with one attached hydrogen (secondary N) is 2. The molecule has 4 aromatic rings. The van der Waals surface area contributed by atoms with Crippen molar-refractivity contribution in [2.75, 3.05) is 20.9 Å². The molecule has 196 valence electrons. The number of sulfonamides is 2. The lowest BCUT2D eigenvalue weighted by atomic mass is 10.1. The number of pyridine rings is 1. The number of nitrogens with zero attached hydrogens (tertiary/aromatic N) is 2. The maximum Gasteiger partial charge on any atom is 0.264 e. The summed E-state index contributed by atoms with van der Waals surface area (Å²) in [6.07, 6.45) is 1.47. The van der Waals surface area contributed by atoms with Gasteiger partial charge in [0, 0.05) is 11.9 Å². The zero-order chi connectivity index (χ0) is 27.3. The lowest BCUT2D eigenvalue weighted by Gasteiger charge is -2.26. The van der Waals surface area contributed by atoms with Crippen molar-refractivity contribution in [1.82, 2.24) is 4.98 Å². The lowest BCUT2D eigenvalue weighted by molar-refractivity contribution is -0.114. The Morgan fingerprint density at radius 3 is 2.13 bits per heavy atom. The Morgan fingerprint density at radius 2 is 1.50 bits per heavy atom. The number of carbonyl (C=O) groups excluding carboxylic acids is 1. The maximum absolute atomic E-state index is 13.5. The SMILES string of the molecule is Cc1ccc(N(CC(=O)Nc2ccc(S(=O)(=O)Nc3ccccn3)cc2)S(=O)(=O)c2ccccc2)c(C)c1. The molecule has 1 aromatic heterocycles. The number of aryl methyl sites for hydroxylation is 2. The van der Waals surface area contributed by atoms with Crippen molar-refractivity contribution in [3.05, 3.63) is 108 Å². The van der Waals surface area contributed by atoms with Gasteiger partial charge in [0.15, 0.2) is 0 Å². The molecule has 38 heavy (non-hydrogen) atoms. The number of anilines is 3. The Kier molecular flexibility index (Phi) is 7.79. The van der Waals surface area contributed by atoms with Gasteiger partial charge < -0.3 is 5.32 Å². The standard InChI is InChI=1S/C27H26N4O5S2/c1-20-11-16-25(21(2)18-20)31(38(35,36)24-8-4-3-5-9-24)19-27(32)29-22-12-14-23(15-13-22)37(33,34)30-26-10-6-7-17-28-26/h3-18H,19H2,1-2H3,(H,28,30)(H,29,32). The topological polar surface area (TPSA) is 126 Å². The number of hydrogen-bond acceptors (Lipinski definition) is 6. The zero-order valence-electron chi connectivity index (χ0n) is 20.7. The van der Waals surface area contributed by atoms with Crippen LogP contribution in [0.1, 0.15) is 11.1 Å². The van der Waals surface area contributed by atoms with E-state index in [1.165, 1.54) is 48.7 Å². The third-order valence-corrected chi connectivity index (χ3v) is 8.74. The van der Waals surface area contributed by atoms with Crippen LogP contribution in [0, 0.1) is 13.8 Å². The fraction of sp³-hybridized carbons (Fsp3) is 0.111. The predicted octanol–water partition coefficient (Wildman–Crippen LogP) is 4.33. The highest BCUT2D eigenvalue weighted by atomic mass is 32.2. The number of amides is 1. The van der Waals surface area contributed by atoms with Gasteiger partial charge in [0.05, 0.1) is 15.5 Å². The normalized spacial score (nSPS) is 11.5. The smallest absolute Gasteiger partial charge is 0.264 e. The molecule has 4 rings (SSSR count). The third-order valence-electron chi connectivity index (χ3n) is 5.59. The second-order valence-electron chi connectivity index (χ2n) is 8.51. The first kappa shape index (κ1) is 26.8. The lowest BCUT2D eigenvalue weighted by Crippen LogP contribution is -2.38. The van der Waals surface area contributed by atoms with Crippen LogP contribution < -0.4 is 14.3 Å². The third kappa shape index (κ3) is 6.18. The summed E-state index contributed by atoms with van der Waals surface area (Å²) in [5.41, 5.74) is 2.36. The van der Waals surface area contributed by atoms with Crippen molar-refractivity contribution >= 4 is 43.1 Å². The van der Waals surface area contributed by atoms with Gasteiger partial charge in [-0.15, -0.1) is 0 Å². The van der Waals surface area contributed by atoms with Crippen molar-refractivity contribution in [3.63, 3.8) is 0 Å². The summed E-state index contributed by atoms with van der Waals surface area (Å²) in [5.74, 6) is -0.414. The van der Waals surface area contributed by atoms with E-state index >= 15 is 0 Å². The van der Waals surface area contributed by atoms with Gasteiger partial charge in [-0.3, -0.25) is 13.8 Å². The Balaban J connectivity index is 1.55. The van der Waals surface area contributed by atoms with Gasteiger partial charge in [-0.1, -0.05) is 42.0 Å². The molecule has 0 unspecified atom stereocenters. The van der Waals surface area contributed by atoms with Crippen LogP contribution in [0.15, 0.2) is 107 Å². The van der Waals surface area contributed by atoms with Crippen molar-refractivity contribution in [2.45, 2.75) is 23.6 Å². The summed E-state index contributed by atoms with van der Waals surface area (Å²) < 4.78 is 55.8. The fourth-order valence-electron chi connectivity index (χ4n) is 3.77. The number of hydrogen-bond donors (Lipinski definition) is 2. The molecule has 0 fully saturated rings. The largest absolute Gasteiger partial charge is 0.325 e. The van der Waals surface area contributed by atoms with Gasteiger partial charge >= 0.3 is 0 Å². The first-order valence-corrected chi connectivity index (χ1v) is 14.5. The molecule has 1 heterocycles. The first-order valence-electron chi connectivity index (χ1n) is 11.5. The molecule has 3 aromatic carbocycles. The molecule has 9 nitrogen and oxygen atoms in total. The van der Waals surface area contributed by atoms with Crippen LogP contribution in [0.5, 0.6) is 0 Å². The summed E-state index contributed by atoms with van der Waals surface area (Å²) in [6.45, 7) is 3.20. The van der Waals surface area contributed by atoms with Gasteiger partial charge in [0.1, 0.15) is 12.4 Å². The molecular formula is C27H26N4O5S2. The molecule has 0 aliphatic carbocycles. The Morgan fingerprint density at radius 1 is 0.816 bits per heavy atom. The summed E-state index contributed by atoms with van der Waals surface area (Å²) >= 11 is 0. The molecular weight excluding hydrogens is 524 g/mol. The molecule has 0 atom stereocenters. The number of rotatable bonds is 9. The minimum Gasteiger partial charge on any atom is -0.325 e. The van der Waals surface area contributed by atoms with E-state index in [0.717, 1.165) is 9.87 Å². The van der Waals surface area contributed by atoms with E-state index in [9.17, 15) is 21.6 Å². The molecule has 0 radical (unpaired) electrons. The molecule has 11 heteroatoms. The van der Waals surface area contributed by atoms with E-state index in [-0.39, 0.29) is 15.6 Å². The van der Waals surface area contributed by atoms with E-state index in [1.807, 2.05) is 13.0 Å². The van der Waals surface area contributed by atoms with Crippen LogP contribution in [-0.4, -0.2) is 34.3 Å². The number of benzene rings is 3. The quantitative estimate of drug-likeness (QED) is 0.320. The highest BCUT2D eigenvalue weighted by molar-refractivity contribution is 7.93. The van der Waals surface area contributed by atoms with Crippen LogP contribution in [0.25, 0.3) is 0 Å². The van der Waals surface area contributed by atoms with Crippen LogP contribution in [0.2, 0.25) is 0 Å². The van der Waals surface area contributed by atoms with E-state index < -0.39 is 32.5 Å². The maximum atomic E-state index is 13.5. The predicted molar refractivity (Wildman–Crippen MR) is 147 cm³/mol. The molecule has 0 saturated heterocycles. The van der Waals surface area contributed by atoms with E-state index in [4.69, 9.17) is 0 Å². The summed E-state index contributed by atoms with van der Waals surface area (Å²) in [6, 6.07) is 23.6. The number of aromatic nitrogens is 1. The highest BCUT2D eigenvalue weighted by Crippen LogP contribution is 2.28. The highest BCUT2D eigenvalue weighted by Gasteiger charge is 2.28. The Hall–Kier alpha value is -4.22. The molecule has 0 aliphatic heterocycles. The fourth-order valence-corrected chi connectivity index (χ4v) is 6.29. The Labute approximate surface area is 222 Å². The first-order chi connectivity index (χ1) is 18.1. The van der Waals surface area contributed by atoms with Crippen LogP contribution in [0.4, 0.5) is 17.2 Å². The minimum absolute atomic E-state index is 0.0234. The molecule has 0 aliphatic rings. The van der Waals surface area contributed by atoms with Gasteiger partial charge in [-0.05, 0) is 74.0 Å². The van der Waals surface area contributed by atoms with Crippen molar-refractivity contribution < 1.29 is 21.6 Å². The van der Waals surface area contributed by atoms with Gasteiger partial charge in [0.25, 0.3) is 20.0 Å². The molecule has 0 spiro atoms. The van der Waals surface area contributed by atoms with E-state index in [0.29, 0.717) is 16.9 Å². The van der Waals surface area contributed by atoms with Crippen LogP contribution in [0.3, 0.4) is 0 Å². The second-order valence-corrected chi connectivity index (χ2v) is 12.1. The summed E-state index contributed by atoms with van der Waals surface area (Å²) in [5, 5.41) is 2.65. The zero-order valence-corrected chi connectivity index (χ0v) is 22.3. The van der Waals surface area contributed by atoms with Gasteiger partial charge in [0.2, 0.25) is 5.91 Å². The number of carbonyl (C=O) groups is 1. The van der Waals surface area contributed by atoms with E-state index in [1.54, 1.807) is 49.4 Å². The van der Waals surface area contributed by atoms with Crippen LogP contribution in [-0.2, 0) is 24.8 Å². The van der Waals surface area contributed by atoms with Gasteiger partial charge in [-0.25, -0.2) is 21.8 Å². The second kappa shape index (κ2) is 11.0.